The van der Waals surface area contributed by atoms with Crippen LogP contribution in [0.5, 0.6) is 5.75 Å². The predicted octanol–water partition coefficient (Wildman–Crippen LogP) is 2.94. The van der Waals surface area contributed by atoms with E-state index in [-0.39, 0.29) is 18.4 Å². The maximum absolute atomic E-state index is 12.3. The van der Waals surface area contributed by atoms with Crippen molar-refractivity contribution in [2.45, 2.75) is 31.9 Å². The fraction of sp³-hybridized carbons (Fsp3) is 0.316. The van der Waals surface area contributed by atoms with Crippen LogP contribution in [0.25, 0.3) is 10.9 Å². The van der Waals surface area contributed by atoms with Gasteiger partial charge in [-0.2, -0.15) is 0 Å². The number of aromatic amines is 1. The Kier molecular flexibility index (Phi) is 5.09. The second kappa shape index (κ2) is 7.44. The first kappa shape index (κ1) is 17.1. The summed E-state index contributed by atoms with van der Waals surface area (Å²) in [5.74, 6) is 1.16. The number of aromatic nitrogens is 1. The summed E-state index contributed by atoms with van der Waals surface area (Å²) in [4.78, 5) is 15.5. The molecule has 3 N–H and O–H groups in total. The van der Waals surface area contributed by atoms with Gasteiger partial charge in [0.05, 0.1) is 19.8 Å². The molecule has 0 saturated heterocycles. The van der Waals surface area contributed by atoms with Crippen molar-refractivity contribution in [1.82, 2.24) is 10.3 Å². The number of ether oxygens (including phenoxy) is 1. The number of H-pyrrole nitrogens is 1. The molecule has 1 aromatic carbocycles. The molecule has 2 heterocycles. The van der Waals surface area contributed by atoms with E-state index in [2.05, 4.69) is 10.3 Å². The molecule has 132 valence electrons. The van der Waals surface area contributed by atoms with Crippen LogP contribution in [0.2, 0.25) is 0 Å². The zero-order chi connectivity index (χ0) is 17.8. The predicted molar refractivity (Wildman–Crippen MR) is 94.4 cm³/mol. The zero-order valence-electron chi connectivity index (χ0n) is 14.3. The largest absolute Gasteiger partial charge is 0.497 e. The van der Waals surface area contributed by atoms with Gasteiger partial charge < -0.3 is 24.6 Å². The molecule has 0 aliphatic rings. The summed E-state index contributed by atoms with van der Waals surface area (Å²) in [5.41, 5.74) is 1.87. The van der Waals surface area contributed by atoms with E-state index in [0.29, 0.717) is 12.2 Å². The van der Waals surface area contributed by atoms with Crippen LogP contribution in [-0.4, -0.2) is 29.1 Å². The molecule has 6 nitrogen and oxygen atoms in total. The molecular formula is C19H22N2O4. The van der Waals surface area contributed by atoms with Crippen LogP contribution < -0.4 is 10.1 Å². The van der Waals surface area contributed by atoms with Gasteiger partial charge in [0.25, 0.3) is 0 Å². The van der Waals surface area contributed by atoms with Gasteiger partial charge in [-0.05, 0) is 42.8 Å². The van der Waals surface area contributed by atoms with Crippen molar-refractivity contribution in [3.8, 4) is 5.75 Å². The number of aliphatic hydroxyl groups excluding tert-OH is 1. The number of furan rings is 1. The van der Waals surface area contributed by atoms with Gasteiger partial charge in [-0.25, -0.2) is 0 Å². The summed E-state index contributed by atoms with van der Waals surface area (Å²) in [6, 6.07) is 9.00. The molecule has 0 saturated carbocycles. The number of rotatable bonds is 7. The first-order chi connectivity index (χ1) is 12.1. The summed E-state index contributed by atoms with van der Waals surface area (Å²) < 4.78 is 10.4. The van der Waals surface area contributed by atoms with E-state index < -0.39 is 6.10 Å². The molecule has 0 spiro atoms. The zero-order valence-corrected chi connectivity index (χ0v) is 14.3. The van der Waals surface area contributed by atoms with Crippen LogP contribution in [0.3, 0.4) is 0 Å². The lowest BCUT2D eigenvalue weighted by molar-refractivity contribution is -0.121. The smallest absolute Gasteiger partial charge is 0.224 e. The number of carbonyl (C=O) groups excluding carboxylic acids is 1. The van der Waals surface area contributed by atoms with Crippen molar-refractivity contribution in [3.63, 3.8) is 0 Å². The van der Waals surface area contributed by atoms with E-state index in [4.69, 9.17) is 9.15 Å². The minimum Gasteiger partial charge on any atom is -0.497 e. The van der Waals surface area contributed by atoms with Crippen LogP contribution in [0, 0.1) is 0 Å². The van der Waals surface area contributed by atoms with Gasteiger partial charge in [0, 0.05) is 29.6 Å². The van der Waals surface area contributed by atoms with Gasteiger partial charge in [0.2, 0.25) is 5.91 Å². The second-order valence-corrected chi connectivity index (χ2v) is 6.14. The molecule has 2 aromatic heterocycles. The first-order valence-corrected chi connectivity index (χ1v) is 8.21. The molecule has 0 fully saturated rings. The highest BCUT2D eigenvalue weighted by Crippen LogP contribution is 2.24. The molecule has 3 aromatic rings. The van der Waals surface area contributed by atoms with Gasteiger partial charge in [0.1, 0.15) is 17.6 Å². The average molecular weight is 342 g/mol. The third kappa shape index (κ3) is 4.03. The Hall–Kier alpha value is -2.73. The fourth-order valence-electron chi connectivity index (χ4n) is 2.92. The first-order valence-electron chi connectivity index (χ1n) is 8.21. The van der Waals surface area contributed by atoms with Crippen molar-refractivity contribution in [2.24, 2.45) is 0 Å². The number of hydrogen-bond donors (Lipinski definition) is 3. The molecule has 3 rings (SSSR count). The Morgan fingerprint density at radius 3 is 2.96 bits per heavy atom. The van der Waals surface area contributed by atoms with Crippen molar-refractivity contribution in [2.75, 3.05) is 7.11 Å². The van der Waals surface area contributed by atoms with Crippen LogP contribution >= 0.6 is 0 Å². The number of hydrogen-bond acceptors (Lipinski definition) is 4. The molecule has 0 radical (unpaired) electrons. The molecular weight excluding hydrogens is 320 g/mol. The van der Waals surface area contributed by atoms with Gasteiger partial charge in [-0.15, -0.1) is 0 Å². The summed E-state index contributed by atoms with van der Waals surface area (Å²) in [5, 5.41) is 14.0. The molecule has 0 aliphatic heterocycles. The summed E-state index contributed by atoms with van der Waals surface area (Å²) in [7, 11) is 1.62. The summed E-state index contributed by atoms with van der Waals surface area (Å²) >= 11 is 0. The van der Waals surface area contributed by atoms with Crippen LogP contribution in [0.15, 0.2) is 47.2 Å². The quantitative estimate of drug-likeness (QED) is 0.616. The monoisotopic (exact) mass is 342 g/mol. The number of amides is 1. The molecule has 25 heavy (non-hydrogen) atoms. The lowest BCUT2D eigenvalue weighted by Crippen LogP contribution is -2.34. The van der Waals surface area contributed by atoms with Gasteiger partial charge in [0.15, 0.2) is 0 Å². The topological polar surface area (TPSA) is 87.5 Å². The highest BCUT2D eigenvalue weighted by Gasteiger charge is 2.17. The maximum atomic E-state index is 12.3. The maximum Gasteiger partial charge on any atom is 0.224 e. The molecule has 6 heteroatoms. The van der Waals surface area contributed by atoms with E-state index in [9.17, 15) is 9.90 Å². The van der Waals surface area contributed by atoms with Crippen LogP contribution in [0.1, 0.15) is 30.8 Å². The molecule has 0 bridgehead atoms. The summed E-state index contributed by atoms with van der Waals surface area (Å²) in [6.07, 6.45) is 3.27. The van der Waals surface area contributed by atoms with Crippen molar-refractivity contribution in [3.05, 3.63) is 54.1 Å². The third-order valence-electron chi connectivity index (χ3n) is 4.18. The van der Waals surface area contributed by atoms with E-state index in [1.807, 2.05) is 31.3 Å². The Balaban J connectivity index is 1.60. The van der Waals surface area contributed by atoms with E-state index >= 15 is 0 Å². The number of aliphatic hydroxyl groups is 1. The number of carbonyl (C=O) groups is 1. The highest BCUT2D eigenvalue weighted by molar-refractivity contribution is 5.89. The Morgan fingerprint density at radius 1 is 1.40 bits per heavy atom. The standard InChI is InChI=1S/C19H22N2O4/c1-12(8-17(22)18-4-3-7-25-18)21-19(23)9-13-11-20-16-6-5-14(24-2)10-15(13)16/h3-7,10-12,17,20,22H,8-9H2,1-2H3,(H,21,23). The normalized spacial score (nSPS) is 13.6. The van der Waals surface area contributed by atoms with Crippen LogP contribution in [0.4, 0.5) is 0 Å². The molecule has 0 aliphatic carbocycles. The molecule has 2 unspecified atom stereocenters. The lowest BCUT2D eigenvalue weighted by atomic mass is 10.1. The van der Waals surface area contributed by atoms with E-state index in [1.54, 1.807) is 19.2 Å². The summed E-state index contributed by atoms with van der Waals surface area (Å²) in [6.45, 7) is 1.86. The Morgan fingerprint density at radius 2 is 2.24 bits per heavy atom. The molecule has 2 atom stereocenters. The third-order valence-corrected chi connectivity index (χ3v) is 4.18. The van der Waals surface area contributed by atoms with Crippen LogP contribution in [-0.2, 0) is 11.2 Å². The highest BCUT2D eigenvalue weighted by atomic mass is 16.5. The Labute approximate surface area is 145 Å². The minimum atomic E-state index is -0.734. The van der Waals surface area contributed by atoms with Gasteiger partial charge >= 0.3 is 0 Å². The fourth-order valence-corrected chi connectivity index (χ4v) is 2.92. The average Bonchev–Trinajstić information content (AvgIpc) is 3.24. The Bertz CT molecular complexity index is 838. The van der Waals surface area contributed by atoms with E-state index in [0.717, 1.165) is 22.2 Å². The van der Waals surface area contributed by atoms with Crippen molar-refractivity contribution in [1.29, 1.82) is 0 Å². The van der Waals surface area contributed by atoms with E-state index in [1.165, 1.54) is 6.26 Å². The van der Waals surface area contributed by atoms with Gasteiger partial charge in [-0.1, -0.05) is 0 Å². The number of nitrogens with one attached hydrogen (secondary N) is 2. The van der Waals surface area contributed by atoms with Crippen molar-refractivity contribution < 1.29 is 19.1 Å². The number of methoxy groups -OCH3 is 1. The van der Waals surface area contributed by atoms with Crippen molar-refractivity contribution >= 4 is 16.8 Å². The SMILES string of the molecule is COc1ccc2[nH]cc(CC(=O)NC(C)CC(O)c3ccco3)c2c1. The molecule has 1 amide bonds. The minimum absolute atomic E-state index is 0.0946. The van der Waals surface area contributed by atoms with Gasteiger partial charge in [-0.3, -0.25) is 4.79 Å². The second-order valence-electron chi connectivity index (χ2n) is 6.14. The lowest BCUT2D eigenvalue weighted by Gasteiger charge is -2.16. The number of fused-ring (bicyclic) bond motifs is 1. The number of benzene rings is 1.